The maximum absolute atomic E-state index is 12.7. The summed E-state index contributed by atoms with van der Waals surface area (Å²) in [5, 5.41) is 5.44. The molecule has 0 aliphatic carbocycles. The van der Waals surface area contributed by atoms with Crippen molar-refractivity contribution in [3.63, 3.8) is 0 Å². The van der Waals surface area contributed by atoms with Crippen LogP contribution in [-0.4, -0.2) is 63.4 Å². The Morgan fingerprint density at radius 1 is 1.04 bits per heavy atom. The molecule has 0 spiro atoms. The fourth-order valence-corrected chi connectivity index (χ4v) is 3.84. The first kappa shape index (κ1) is 18.5. The Labute approximate surface area is 168 Å². The lowest BCUT2D eigenvalue weighted by atomic mass is 10.1. The summed E-state index contributed by atoms with van der Waals surface area (Å²) in [4.78, 5) is 29.7. The van der Waals surface area contributed by atoms with Gasteiger partial charge in [-0.25, -0.2) is 15.0 Å². The summed E-state index contributed by atoms with van der Waals surface area (Å²) < 4.78 is 0. The molecule has 1 aromatic carbocycles. The van der Waals surface area contributed by atoms with Crippen molar-refractivity contribution >= 4 is 28.3 Å². The van der Waals surface area contributed by atoms with Crippen molar-refractivity contribution in [3.8, 4) is 0 Å². The van der Waals surface area contributed by atoms with Crippen LogP contribution in [0.3, 0.4) is 0 Å². The summed E-state index contributed by atoms with van der Waals surface area (Å²) in [6.07, 6.45) is 4.36. The van der Waals surface area contributed by atoms with Crippen molar-refractivity contribution < 1.29 is 4.79 Å². The molecule has 1 aliphatic rings. The molecule has 7 nitrogen and oxygen atoms in total. The molecule has 28 heavy (non-hydrogen) atoms. The molecule has 2 aromatic heterocycles. The molecule has 1 amide bonds. The van der Waals surface area contributed by atoms with E-state index in [0.29, 0.717) is 16.8 Å². The smallest absolute Gasteiger partial charge is 0.273 e. The molecule has 1 fully saturated rings. The molecule has 4 rings (SSSR count). The fraction of sp³-hybridized carbons (Fsp3) is 0.300. The lowest BCUT2D eigenvalue weighted by molar-refractivity contribution is 0.0633. The largest absolute Gasteiger partial charge is 0.335 e. The van der Waals surface area contributed by atoms with Gasteiger partial charge in [0, 0.05) is 50.5 Å². The highest BCUT2D eigenvalue weighted by atomic mass is 32.1. The van der Waals surface area contributed by atoms with E-state index in [-0.39, 0.29) is 5.91 Å². The lowest BCUT2D eigenvalue weighted by Gasteiger charge is -2.34. The molecule has 144 valence electrons. The van der Waals surface area contributed by atoms with Crippen LogP contribution in [0.2, 0.25) is 0 Å². The van der Waals surface area contributed by atoms with Crippen LogP contribution >= 0.6 is 11.3 Å². The maximum Gasteiger partial charge on any atom is 0.273 e. The van der Waals surface area contributed by atoms with Gasteiger partial charge in [0.2, 0.25) is 5.95 Å². The molecule has 0 radical (unpaired) electrons. The second kappa shape index (κ2) is 8.90. The van der Waals surface area contributed by atoms with Crippen LogP contribution in [0, 0.1) is 0 Å². The molecule has 0 atom stereocenters. The van der Waals surface area contributed by atoms with Crippen LogP contribution < -0.4 is 5.32 Å². The number of amides is 1. The zero-order valence-electron chi connectivity index (χ0n) is 15.5. The summed E-state index contributed by atoms with van der Waals surface area (Å²) in [5.41, 5.74) is 1.83. The van der Waals surface area contributed by atoms with E-state index in [1.807, 2.05) is 11.0 Å². The second-order valence-electron chi connectivity index (χ2n) is 6.60. The van der Waals surface area contributed by atoms with Gasteiger partial charge < -0.3 is 10.2 Å². The highest BCUT2D eigenvalue weighted by Crippen LogP contribution is 2.20. The number of piperazine rings is 1. The summed E-state index contributed by atoms with van der Waals surface area (Å²) in [5.74, 6) is 0.462. The van der Waals surface area contributed by atoms with Gasteiger partial charge in [0.25, 0.3) is 5.91 Å². The second-order valence-corrected chi connectivity index (χ2v) is 7.46. The Morgan fingerprint density at radius 2 is 1.79 bits per heavy atom. The Kier molecular flexibility index (Phi) is 5.89. The van der Waals surface area contributed by atoms with Gasteiger partial charge in [-0.1, -0.05) is 30.3 Å². The number of nitrogens with zero attached hydrogens (tertiary/aromatic N) is 5. The third-order valence-electron chi connectivity index (χ3n) is 4.73. The van der Waals surface area contributed by atoms with Gasteiger partial charge in [-0.05, 0) is 18.1 Å². The number of rotatable bonds is 6. The van der Waals surface area contributed by atoms with E-state index in [1.165, 1.54) is 16.9 Å². The standard InChI is InChI=1S/C20H22N6OS/c27-18(17-15-28-20(23-17)24-19-21-8-4-9-22-19)26-13-11-25(12-14-26)10-7-16-5-2-1-3-6-16/h1-6,8-9,15H,7,10-14H2,(H,21,22,23,24). The number of thiazole rings is 1. The van der Waals surface area contributed by atoms with Crippen LogP contribution in [0.5, 0.6) is 0 Å². The average molecular weight is 395 g/mol. The fourth-order valence-electron chi connectivity index (χ4n) is 3.16. The van der Waals surface area contributed by atoms with Gasteiger partial charge in [-0.15, -0.1) is 11.3 Å². The number of carbonyl (C=O) groups is 1. The Bertz CT molecular complexity index is 893. The monoisotopic (exact) mass is 394 g/mol. The van der Waals surface area contributed by atoms with Gasteiger partial charge >= 0.3 is 0 Å². The third-order valence-corrected chi connectivity index (χ3v) is 5.48. The van der Waals surface area contributed by atoms with E-state index >= 15 is 0 Å². The highest BCUT2D eigenvalue weighted by Gasteiger charge is 2.23. The van der Waals surface area contributed by atoms with Crippen molar-refractivity contribution in [2.75, 3.05) is 38.0 Å². The molecular formula is C20H22N6OS. The Hall–Kier alpha value is -2.84. The van der Waals surface area contributed by atoms with E-state index in [4.69, 9.17) is 0 Å². The number of anilines is 2. The van der Waals surface area contributed by atoms with E-state index < -0.39 is 0 Å². The minimum Gasteiger partial charge on any atom is -0.335 e. The van der Waals surface area contributed by atoms with Gasteiger partial charge in [-0.2, -0.15) is 0 Å². The van der Waals surface area contributed by atoms with Crippen LogP contribution in [0.15, 0.2) is 54.2 Å². The molecular weight excluding hydrogens is 372 g/mol. The number of hydrogen-bond acceptors (Lipinski definition) is 7. The number of hydrogen-bond donors (Lipinski definition) is 1. The third kappa shape index (κ3) is 4.71. The first-order valence-electron chi connectivity index (χ1n) is 9.33. The normalized spacial score (nSPS) is 14.8. The summed E-state index contributed by atoms with van der Waals surface area (Å²) in [6, 6.07) is 12.3. The van der Waals surface area contributed by atoms with Crippen molar-refractivity contribution in [3.05, 3.63) is 65.4 Å². The van der Waals surface area contributed by atoms with E-state index in [0.717, 1.165) is 39.1 Å². The van der Waals surface area contributed by atoms with Crippen molar-refractivity contribution in [1.82, 2.24) is 24.8 Å². The lowest BCUT2D eigenvalue weighted by Crippen LogP contribution is -2.49. The van der Waals surface area contributed by atoms with Gasteiger partial charge in [0.1, 0.15) is 5.69 Å². The summed E-state index contributed by atoms with van der Waals surface area (Å²) >= 11 is 1.38. The van der Waals surface area contributed by atoms with E-state index in [9.17, 15) is 4.79 Å². The number of carbonyl (C=O) groups excluding carboxylic acids is 1. The molecule has 1 aliphatic heterocycles. The minimum absolute atomic E-state index is 0.0130. The highest BCUT2D eigenvalue weighted by molar-refractivity contribution is 7.14. The quantitative estimate of drug-likeness (QED) is 0.693. The van der Waals surface area contributed by atoms with Crippen LogP contribution in [0.1, 0.15) is 16.1 Å². The van der Waals surface area contributed by atoms with Crippen LogP contribution in [0.4, 0.5) is 11.1 Å². The molecule has 1 saturated heterocycles. The Balaban J connectivity index is 1.27. The molecule has 3 heterocycles. The Morgan fingerprint density at radius 3 is 2.54 bits per heavy atom. The molecule has 3 aromatic rings. The van der Waals surface area contributed by atoms with E-state index in [1.54, 1.807) is 23.8 Å². The average Bonchev–Trinajstić information content (AvgIpc) is 3.22. The number of nitrogens with one attached hydrogen (secondary N) is 1. The van der Waals surface area contributed by atoms with Gasteiger partial charge in [0.15, 0.2) is 5.13 Å². The van der Waals surface area contributed by atoms with Gasteiger partial charge in [0.05, 0.1) is 0 Å². The minimum atomic E-state index is -0.0130. The SMILES string of the molecule is O=C(c1csc(Nc2ncccn2)n1)N1CCN(CCc2ccccc2)CC1. The van der Waals surface area contributed by atoms with Crippen molar-refractivity contribution in [1.29, 1.82) is 0 Å². The van der Waals surface area contributed by atoms with E-state index in [2.05, 4.69) is 49.4 Å². The van der Waals surface area contributed by atoms with Crippen molar-refractivity contribution in [2.24, 2.45) is 0 Å². The molecule has 1 N–H and O–H groups in total. The molecule has 0 unspecified atom stereocenters. The summed E-state index contributed by atoms with van der Waals surface area (Å²) in [6.45, 7) is 4.27. The molecule has 0 saturated carbocycles. The molecule has 0 bridgehead atoms. The first-order valence-corrected chi connectivity index (χ1v) is 10.2. The van der Waals surface area contributed by atoms with Crippen LogP contribution in [0.25, 0.3) is 0 Å². The van der Waals surface area contributed by atoms with Crippen LogP contribution in [-0.2, 0) is 6.42 Å². The number of aromatic nitrogens is 3. The summed E-state index contributed by atoms with van der Waals surface area (Å²) in [7, 11) is 0. The zero-order valence-corrected chi connectivity index (χ0v) is 16.3. The molecule has 8 heteroatoms. The predicted octanol–water partition coefficient (Wildman–Crippen LogP) is 2.68. The predicted molar refractivity (Wildman–Crippen MR) is 110 cm³/mol. The zero-order chi connectivity index (χ0) is 19.2. The number of benzene rings is 1. The first-order chi connectivity index (χ1) is 13.8. The van der Waals surface area contributed by atoms with Gasteiger partial charge in [-0.3, -0.25) is 9.69 Å². The maximum atomic E-state index is 12.7. The van der Waals surface area contributed by atoms with Crippen molar-refractivity contribution in [2.45, 2.75) is 6.42 Å². The topological polar surface area (TPSA) is 74.2 Å².